The second kappa shape index (κ2) is 16.3. The van der Waals surface area contributed by atoms with Crippen LogP contribution in [0.3, 0.4) is 0 Å². The van der Waals surface area contributed by atoms with Gasteiger partial charge in [-0.05, 0) is 58.5 Å². The highest BCUT2D eigenvalue weighted by molar-refractivity contribution is 5.86. The Hall–Kier alpha value is -0.370. The molecule has 1 rings (SSSR count). The Balaban J connectivity index is 2.71. The normalized spacial score (nSPS) is 19.6. The van der Waals surface area contributed by atoms with E-state index in [-0.39, 0.29) is 5.41 Å². The zero-order valence-corrected chi connectivity index (χ0v) is 23.1. The number of rotatable bonds is 19. The van der Waals surface area contributed by atoms with Crippen LogP contribution in [-0.4, -0.2) is 29.3 Å². The Morgan fingerprint density at radius 1 is 0.656 bits per heavy atom. The van der Waals surface area contributed by atoms with E-state index in [2.05, 4.69) is 46.4 Å². The van der Waals surface area contributed by atoms with Crippen molar-refractivity contribution in [3.8, 4) is 0 Å². The van der Waals surface area contributed by atoms with Crippen LogP contribution in [0.4, 0.5) is 0 Å². The van der Waals surface area contributed by atoms with Gasteiger partial charge in [0.25, 0.3) is 0 Å². The van der Waals surface area contributed by atoms with Crippen molar-refractivity contribution in [3.63, 3.8) is 0 Å². The molecule has 1 aliphatic heterocycles. The number of unbranched alkanes of at least 4 members (excludes halogenated alkanes) is 8. The summed E-state index contributed by atoms with van der Waals surface area (Å²) in [7, 11) is 0. The van der Waals surface area contributed by atoms with Crippen LogP contribution in [0.15, 0.2) is 0 Å². The van der Waals surface area contributed by atoms with E-state index in [0.717, 1.165) is 38.8 Å². The molecule has 190 valence electrons. The van der Waals surface area contributed by atoms with Gasteiger partial charge in [0.2, 0.25) is 0 Å². The van der Waals surface area contributed by atoms with Gasteiger partial charge < -0.3 is 0 Å². The third kappa shape index (κ3) is 9.86. The number of piperidine rings is 1. The third-order valence-electron chi connectivity index (χ3n) is 8.53. The van der Waals surface area contributed by atoms with Crippen LogP contribution >= 0.6 is 0 Å². The zero-order chi connectivity index (χ0) is 23.9. The topological polar surface area (TPSA) is 20.3 Å². The molecule has 2 heteroatoms. The number of nitrogens with zero attached hydrogens (tertiary/aromatic N) is 1. The van der Waals surface area contributed by atoms with E-state index in [1.54, 1.807) is 0 Å². The molecular weight excluding hydrogens is 390 g/mol. The van der Waals surface area contributed by atoms with Crippen LogP contribution in [0, 0.1) is 11.3 Å². The second-order valence-corrected chi connectivity index (χ2v) is 11.5. The SMILES string of the molecule is CCCCCCCC(C)(CCCC)C(=O)C1CCN(C(C)(CCCC)CCCCC)CC1. The van der Waals surface area contributed by atoms with Gasteiger partial charge in [-0.25, -0.2) is 0 Å². The van der Waals surface area contributed by atoms with Crippen molar-refractivity contribution < 1.29 is 4.79 Å². The second-order valence-electron chi connectivity index (χ2n) is 11.5. The molecule has 0 aromatic heterocycles. The van der Waals surface area contributed by atoms with Gasteiger partial charge in [-0.3, -0.25) is 9.69 Å². The molecule has 2 atom stereocenters. The van der Waals surface area contributed by atoms with Crippen molar-refractivity contribution in [2.24, 2.45) is 11.3 Å². The highest BCUT2D eigenvalue weighted by atomic mass is 16.1. The van der Waals surface area contributed by atoms with Gasteiger partial charge in [-0.2, -0.15) is 0 Å². The molecule has 0 amide bonds. The first-order chi connectivity index (χ1) is 15.4. The van der Waals surface area contributed by atoms with Crippen molar-refractivity contribution in [2.45, 2.75) is 163 Å². The summed E-state index contributed by atoms with van der Waals surface area (Å²) >= 11 is 0. The van der Waals surface area contributed by atoms with Gasteiger partial charge in [-0.15, -0.1) is 0 Å². The summed E-state index contributed by atoms with van der Waals surface area (Å²) in [5, 5.41) is 0. The summed E-state index contributed by atoms with van der Waals surface area (Å²) in [6.07, 6.45) is 22.5. The molecule has 0 aromatic carbocycles. The van der Waals surface area contributed by atoms with Crippen LogP contribution in [-0.2, 0) is 4.79 Å². The highest BCUT2D eigenvalue weighted by Gasteiger charge is 2.40. The van der Waals surface area contributed by atoms with E-state index >= 15 is 0 Å². The predicted molar refractivity (Wildman–Crippen MR) is 142 cm³/mol. The molecule has 0 radical (unpaired) electrons. The third-order valence-corrected chi connectivity index (χ3v) is 8.53. The van der Waals surface area contributed by atoms with Gasteiger partial charge >= 0.3 is 0 Å². The Labute approximate surface area is 202 Å². The first kappa shape index (κ1) is 29.7. The predicted octanol–water partition coefficient (Wildman–Crippen LogP) is 9.35. The van der Waals surface area contributed by atoms with E-state index in [1.165, 1.54) is 89.9 Å². The number of likely N-dealkylation sites (tertiary alicyclic amines) is 1. The fourth-order valence-corrected chi connectivity index (χ4v) is 5.99. The van der Waals surface area contributed by atoms with Crippen LogP contribution in [0.5, 0.6) is 0 Å². The van der Waals surface area contributed by atoms with Crippen molar-refractivity contribution >= 4 is 5.78 Å². The van der Waals surface area contributed by atoms with Gasteiger partial charge in [-0.1, -0.05) is 112 Å². The van der Waals surface area contributed by atoms with Crippen molar-refractivity contribution in [1.29, 1.82) is 0 Å². The van der Waals surface area contributed by atoms with Crippen molar-refractivity contribution in [1.82, 2.24) is 4.90 Å². The summed E-state index contributed by atoms with van der Waals surface area (Å²) in [4.78, 5) is 16.5. The molecule has 1 fully saturated rings. The lowest BCUT2D eigenvalue weighted by Crippen LogP contribution is -2.51. The van der Waals surface area contributed by atoms with E-state index < -0.39 is 0 Å². The van der Waals surface area contributed by atoms with E-state index in [4.69, 9.17) is 0 Å². The maximum atomic E-state index is 13.8. The van der Waals surface area contributed by atoms with Gasteiger partial charge in [0.1, 0.15) is 5.78 Å². The Morgan fingerprint density at radius 3 is 1.69 bits per heavy atom. The van der Waals surface area contributed by atoms with Gasteiger partial charge in [0, 0.05) is 16.9 Å². The number of Topliss-reactive ketones (excluding diaryl/α,β-unsaturated/α-hetero) is 1. The summed E-state index contributed by atoms with van der Waals surface area (Å²) < 4.78 is 0. The van der Waals surface area contributed by atoms with Gasteiger partial charge in [0.15, 0.2) is 0 Å². The quantitative estimate of drug-likeness (QED) is 0.183. The zero-order valence-electron chi connectivity index (χ0n) is 23.1. The molecule has 0 bridgehead atoms. The van der Waals surface area contributed by atoms with E-state index in [9.17, 15) is 4.79 Å². The summed E-state index contributed by atoms with van der Waals surface area (Å²) in [6.45, 7) is 16.2. The Kier molecular flexibility index (Phi) is 15.1. The van der Waals surface area contributed by atoms with Crippen molar-refractivity contribution in [3.05, 3.63) is 0 Å². The highest BCUT2D eigenvalue weighted by Crippen LogP contribution is 2.39. The number of hydrogen-bond donors (Lipinski definition) is 0. The van der Waals surface area contributed by atoms with E-state index in [1.807, 2.05) is 0 Å². The van der Waals surface area contributed by atoms with E-state index in [0.29, 0.717) is 17.2 Å². The molecule has 32 heavy (non-hydrogen) atoms. The summed E-state index contributed by atoms with van der Waals surface area (Å²) in [5.41, 5.74) is 0.256. The first-order valence-corrected chi connectivity index (χ1v) is 14.7. The molecule has 2 unspecified atom stereocenters. The number of carbonyl (C=O) groups is 1. The molecule has 1 heterocycles. The molecule has 1 aliphatic rings. The fraction of sp³-hybridized carbons (Fsp3) is 0.967. The number of carbonyl (C=O) groups excluding carboxylic acids is 1. The average molecular weight is 450 g/mol. The molecule has 0 aliphatic carbocycles. The van der Waals surface area contributed by atoms with Crippen LogP contribution < -0.4 is 0 Å². The van der Waals surface area contributed by atoms with Gasteiger partial charge in [0.05, 0.1) is 0 Å². The minimum atomic E-state index is -0.0816. The minimum Gasteiger partial charge on any atom is -0.299 e. The molecule has 2 nitrogen and oxygen atoms in total. The summed E-state index contributed by atoms with van der Waals surface area (Å²) in [6, 6.07) is 0. The average Bonchev–Trinajstić information content (AvgIpc) is 2.81. The standard InChI is InChI=1S/C30H59NO/c1-7-11-15-16-18-22-29(5,21-13-9-3)28(32)27-19-25-31(26-20-27)30(6,23-14-10-4)24-17-12-8-2/h27H,7-26H2,1-6H3. The maximum Gasteiger partial charge on any atom is 0.141 e. The molecule has 0 spiro atoms. The lowest BCUT2D eigenvalue weighted by molar-refractivity contribution is -0.135. The minimum absolute atomic E-state index is 0.0816. The Bertz CT molecular complexity index is 481. The Morgan fingerprint density at radius 2 is 1.09 bits per heavy atom. The molecule has 0 aromatic rings. The smallest absolute Gasteiger partial charge is 0.141 e. The molecule has 1 saturated heterocycles. The lowest BCUT2D eigenvalue weighted by atomic mass is 9.70. The first-order valence-electron chi connectivity index (χ1n) is 14.7. The van der Waals surface area contributed by atoms with Crippen LogP contribution in [0.25, 0.3) is 0 Å². The molecular formula is C30H59NO. The number of hydrogen-bond acceptors (Lipinski definition) is 2. The van der Waals surface area contributed by atoms with Crippen molar-refractivity contribution in [2.75, 3.05) is 13.1 Å². The fourth-order valence-electron chi connectivity index (χ4n) is 5.99. The van der Waals surface area contributed by atoms with Crippen LogP contribution in [0.2, 0.25) is 0 Å². The van der Waals surface area contributed by atoms with Crippen LogP contribution in [0.1, 0.15) is 157 Å². The molecule has 0 N–H and O–H groups in total. The monoisotopic (exact) mass is 449 g/mol. The molecule has 0 saturated carbocycles. The maximum absolute atomic E-state index is 13.8. The summed E-state index contributed by atoms with van der Waals surface area (Å²) in [5.74, 6) is 0.914. The number of ketones is 1. The lowest BCUT2D eigenvalue weighted by Gasteiger charge is -2.46. The largest absolute Gasteiger partial charge is 0.299 e.